The normalized spacial score (nSPS) is 9.60. The number of hydrogen-bond acceptors (Lipinski definition) is 4. The number of ether oxygens (including phenoxy) is 3. The molecular formula is C10H12O4S. The molecular weight excluding hydrogens is 216 g/mol. The molecule has 0 saturated heterocycles. The van der Waals surface area contributed by atoms with Gasteiger partial charge in [-0.2, -0.15) is 0 Å². The lowest BCUT2D eigenvalue weighted by molar-refractivity contribution is 0.108. The Morgan fingerprint density at radius 1 is 1.07 bits per heavy atom. The molecule has 0 bridgehead atoms. The van der Waals surface area contributed by atoms with Crippen LogP contribution in [-0.2, 0) is 0 Å². The highest BCUT2D eigenvalue weighted by atomic mass is 32.1. The summed E-state index contributed by atoms with van der Waals surface area (Å²) in [6, 6.07) is 3.21. The van der Waals surface area contributed by atoms with Crippen molar-refractivity contribution in [3.63, 3.8) is 0 Å². The van der Waals surface area contributed by atoms with Gasteiger partial charge in [0.05, 0.1) is 21.3 Å². The summed E-state index contributed by atoms with van der Waals surface area (Å²) in [5.74, 6) is 1.32. The highest BCUT2D eigenvalue weighted by Crippen LogP contribution is 2.34. The fourth-order valence-electron chi connectivity index (χ4n) is 1.22. The number of methoxy groups -OCH3 is 3. The molecule has 0 fully saturated rings. The Labute approximate surface area is 93.5 Å². The molecule has 0 atom stereocenters. The summed E-state index contributed by atoms with van der Waals surface area (Å²) < 4.78 is 15.2. The first-order chi connectivity index (χ1) is 7.13. The maximum absolute atomic E-state index is 11.3. The van der Waals surface area contributed by atoms with Crippen LogP contribution in [-0.4, -0.2) is 26.4 Å². The molecule has 0 radical (unpaired) electrons. The van der Waals surface area contributed by atoms with Crippen LogP contribution in [0.3, 0.4) is 0 Å². The van der Waals surface area contributed by atoms with E-state index in [4.69, 9.17) is 14.2 Å². The van der Waals surface area contributed by atoms with Crippen molar-refractivity contribution in [2.45, 2.75) is 0 Å². The van der Waals surface area contributed by atoms with E-state index >= 15 is 0 Å². The van der Waals surface area contributed by atoms with Crippen LogP contribution in [0.25, 0.3) is 0 Å². The summed E-state index contributed by atoms with van der Waals surface area (Å²) in [7, 11) is 4.46. The SMILES string of the molecule is COc1cc(OC)c(C(=O)S)c(OC)c1. The number of carbonyl (C=O) groups is 1. The van der Waals surface area contributed by atoms with Crippen LogP contribution >= 0.6 is 12.6 Å². The molecule has 1 aromatic carbocycles. The van der Waals surface area contributed by atoms with Crippen LogP contribution in [0.1, 0.15) is 10.4 Å². The van der Waals surface area contributed by atoms with E-state index < -0.39 is 5.12 Å². The van der Waals surface area contributed by atoms with E-state index in [1.165, 1.54) is 21.3 Å². The average Bonchev–Trinajstić information content (AvgIpc) is 2.26. The van der Waals surface area contributed by atoms with Crippen molar-refractivity contribution >= 4 is 17.7 Å². The van der Waals surface area contributed by atoms with Gasteiger partial charge in [-0.15, -0.1) is 12.6 Å². The van der Waals surface area contributed by atoms with Crippen LogP contribution in [0.5, 0.6) is 17.2 Å². The third-order valence-corrected chi connectivity index (χ3v) is 2.15. The van der Waals surface area contributed by atoms with Crippen molar-refractivity contribution < 1.29 is 19.0 Å². The minimum atomic E-state index is -0.411. The van der Waals surface area contributed by atoms with Gasteiger partial charge in [0.15, 0.2) is 0 Å². The van der Waals surface area contributed by atoms with Gasteiger partial charge in [0.1, 0.15) is 22.8 Å². The third kappa shape index (κ3) is 2.36. The van der Waals surface area contributed by atoms with E-state index in [0.29, 0.717) is 22.8 Å². The Bertz CT molecular complexity index is 351. The van der Waals surface area contributed by atoms with E-state index in [2.05, 4.69) is 12.6 Å². The van der Waals surface area contributed by atoms with Gasteiger partial charge in [-0.25, -0.2) is 0 Å². The summed E-state index contributed by atoms with van der Waals surface area (Å²) in [4.78, 5) is 11.3. The molecule has 15 heavy (non-hydrogen) atoms. The zero-order valence-corrected chi connectivity index (χ0v) is 9.63. The second kappa shape index (κ2) is 4.93. The Morgan fingerprint density at radius 2 is 1.53 bits per heavy atom. The van der Waals surface area contributed by atoms with Crippen molar-refractivity contribution in [2.24, 2.45) is 0 Å². The highest BCUT2D eigenvalue weighted by molar-refractivity contribution is 7.97. The monoisotopic (exact) mass is 228 g/mol. The van der Waals surface area contributed by atoms with E-state index in [-0.39, 0.29) is 0 Å². The molecule has 0 spiro atoms. The zero-order chi connectivity index (χ0) is 11.4. The number of rotatable bonds is 4. The molecule has 0 N–H and O–H groups in total. The molecule has 0 amide bonds. The maximum Gasteiger partial charge on any atom is 0.223 e. The van der Waals surface area contributed by atoms with Crippen molar-refractivity contribution in [1.82, 2.24) is 0 Å². The van der Waals surface area contributed by atoms with Crippen LogP contribution < -0.4 is 14.2 Å². The van der Waals surface area contributed by atoms with Gasteiger partial charge >= 0.3 is 0 Å². The summed E-state index contributed by atoms with van der Waals surface area (Å²) in [5.41, 5.74) is 0.295. The topological polar surface area (TPSA) is 44.8 Å². The fourth-order valence-corrected chi connectivity index (χ4v) is 1.44. The molecule has 4 nitrogen and oxygen atoms in total. The van der Waals surface area contributed by atoms with Gasteiger partial charge in [0.2, 0.25) is 5.12 Å². The molecule has 0 aliphatic heterocycles. The highest BCUT2D eigenvalue weighted by Gasteiger charge is 2.17. The smallest absolute Gasteiger partial charge is 0.223 e. The second-order valence-corrected chi connectivity index (χ2v) is 3.12. The van der Waals surface area contributed by atoms with Gasteiger partial charge < -0.3 is 14.2 Å². The lowest BCUT2D eigenvalue weighted by atomic mass is 10.2. The minimum Gasteiger partial charge on any atom is -0.496 e. The number of benzene rings is 1. The minimum absolute atomic E-state index is 0.295. The van der Waals surface area contributed by atoms with E-state index in [1.54, 1.807) is 12.1 Å². The van der Waals surface area contributed by atoms with Gasteiger partial charge in [-0.3, -0.25) is 4.79 Å². The first-order valence-corrected chi connectivity index (χ1v) is 4.62. The van der Waals surface area contributed by atoms with E-state index in [9.17, 15) is 4.79 Å². The van der Waals surface area contributed by atoms with Crippen molar-refractivity contribution in [3.05, 3.63) is 17.7 Å². The summed E-state index contributed by atoms with van der Waals surface area (Å²) >= 11 is 3.76. The second-order valence-electron chi connectivity index (χ2n) is 2.71. The first kappa shape index (κ1) is 11.7. The van der Waals surface area contributed by atoms with Gasteiger partial charge in [0, 0.05) is 12.1 Å². The molecule has 82 valence electrons. The Morgan fingerprint density at radius 3 is 1.80 bits per heavy atom. The van der Waals surface area contributed by atoms with E-state index in [0.717, 1.165) is 0 Å². The van der Waals surface area contributed by atoms with Crippen LogP contribution in [0.4, 0.5) is 0 Å². The van der Waals surface area contributed by atoms with E-state index in [1.807, 2.05) is 0 Å². The standard InChI is InChI=1S/C10H12O4S/c1-12-6-4-7(13-2)9(10(11)15)8(5-6)14-3/h4-5H,1-3H3,(H,11,15). The molecule has 0 heterocycles. The zero-order valence-electron chi connectivity index (χ0n) is 8.73. The molecule has 1 aromatic rings. The lowest BCUT2D eigenvalue weighted by Gasteiger charge is -2.12. The van der Waals surface area contributed by atoms with Crippen LogP contribution in [0.15, 0.2) is 12.1 Å². The number of carbonyl (C=O) groups excluding carboxylic acids is 1. The molecule has 0 aliphatic rings. The number of hydrogen-bond donors (Lipinski definition) is 1. The number of thiol groups is 1. The Hall–Kier alpha value is -1.36. The molecule has 0 unspecified atom stereocenters. The molecule has 0 aromatic heterocycles. The molecule has 5 heteroatoms. The Balaban J connectivity index is 3.39. The fraction of sp³-hybridized carbons (Fsp3) is 0.300. The molecule has 1 rings (SSSR count). The van der Waals surface area contributed by atoms with Gasteiger partial charge in [-0.1, -0.05) is 0 Å². The average molecular weight is 228 g/mol. The van der Waals surface area contributed by atoms with Gasteiger partial charge in [-0.05, 0) is 0 Å². The summed E-state index contributed by atoms with van der Waals surface area (Å²) in [6.07, 6.45) is 0. The van der Waals surface area contributed by atoms with Crippen molar-refractivity contribution in [1.29, 1.82) is 0 Å². The predicted molar refractivity (Wildman–Crippen MR) is 59.4 cm³/mol. The Kier molecular flexibility index (Phi) is 3.85. The predicted octanol–water partition coefficient (Wildman–Crippen LogP) is 1.78. The van der Waals surface area contributed by atoms with Crippen molar-refractivity contribution in [3.8, 4) is 17.2 Å². The van der Waals surface area contributed by atoms with Crippen molar-refractivity contribution in [2.75, 3.05) is 21.3 Å². The lowest BCUT2D eigenvalue weighted by Crippen LogP contribution is -2.00. The largest absolute Gasteiger partial charge is 0.496 e. The molecule has 0 aliphatic carbocycles. The van der Waals surface area contributed by atoms with Gasteiger partial charge in [0.25, 0.3) is 0 Å². The molecule has 0 saturated carbocycles. The maximum atomic E-state index is 11.3. The summed E-state index contributed by atoms with van der Waals surface area (Å²) in [6.45, 7) is 0. The first-order valence-electron chi connectivity index (χ1n) is 4.17. The van der Waals surface area contributed by atoms with Crippen LogP contribution in [0, 0.1) is 0 Å². The summed E-state index contributed by atoms with van der Waals surface area (Å²) in [5, 5.41) is -0.411. The quantitative estimate of drug-likeness (QED) is 0.798. The van der Waals surface area contributed by atoms with Crippen LogP contribution in [0.2, 0.25) is 0 Å². The third-order valence-electron chi connectivity index (χ3n) is 1.93.